The van der Waals surface area contributed by atoms with E-state index in [1.165, 1.54) is 38.8 Å². The fourth-order valence-corrected chi connectivity index (χ4v) is 4.25. The van der Waals surface area contributed by atoms with Gasteiger partial charge < -0.3 is 15.5 Å². The Morgan fingerprint density at radius 3 is 2.30 bits per heavy atom. The topological polar surface area (TPSA) is 60.0 Å². The normalized spacial score (nSPS) is 23.6. The Morgan fingerprint density at radius 1 is 1.07 bits per heavy atom. The molecule has 2 heterocycles. The number of aliphatic imine (C=N–C) groups is 1. The van der Waals surface area contributed by atoms with Crippen LogP contribution in [0.4, 0.5) is 0 Å². The van der Waals surface area contributed by atoms with Crippen LogP contribution in [-0.4, -0.2) is 73.5 Å². The first kappa shape index (κ1) is 22.0. The molecule has 0 bridgehead atoms. The number of guanidine groups is 1. The average molecular weight is 380 g/mol. The zero-order valence-corrected chi connectivity index (χ0v) is 18.1. The molecule has 2 N–H and O–H groups in total. The van der Waals surface area contributed by atoms with Gasteiger partial charge >= 0.3 is 0 Å². The van der Waals surface area contributed by atoms with Crippen molar-refractivity contribution in [2.24, 2.45) is 16.8 Å². The van der Waals surface area contributed by atoms with Gasteiger partial charge in [-0.05, 0) is 38.3 Å². The molecule has 2 rings (SSSR count). The Morgan fingerprint density at radius 2 is 1.74 bits per heavy atom. The third kappa shape index (κ3) is 6.66. The van der Waals surface area contributed by atoms with Crippen molar-refractivity contribution in [2.75, 3.05) is 39.8 Å². The van der Waals surface area contributed by atoms with Crippen LogP contribution in [0.15, 0.2) is 4.99 Å². The second-order valence-electron chi connectivity index (χ2n) is 8.78. The number of rotatable bonds is 6. The van der Waals surface area contributed by atoms with Crippen LogP contribution >= 0.6 is 0 Å². The quantitative estimate of drug-likeness (QED) is 0.549. The summed E-state index contributed by atoms with van der Waals surface area (Å²) in [5, 5.41) is 7.08. The number of nitrogens with one attached hydrogen (secondary N) is 2. The summed E-state index contributed by atoms with van der Waals surface area (Å²) in [6.45, 7) is 13.5. The fraction of sp³-hybridized carbons (Fsp3) is 0.905. The van der Waals surface area contributed by atoms with Crippen molar-refractivity contribution in [2.45, 2.75) is 71.9 Å². The van der Waals surface area contributed by atoms with E-state index < -0.39 is 0 Å². The molecule has 2 aliphatic rings. The van der Waals surface area contributed by atoms with E-state index >= 15 is 0 Å². The van der Waals surface area contributed by atoms with E-state index in [9.17, 15) is 4.79 Å². The second-order valence-corrected chi connectivity index (χ2v) is 8.78. The van der Waals surface area contributed by atoms with E-state index in [1.807, 2.05) is 25.8 Å². The number of hydrogen-bond acceptors (Lipinski definition) is 3. The lowest BCUT2D eigenvalue weighted by atomic mass is 10.0. The van der Waals surface area contributed by atoms with E-state index in [4.69, 9.17) is 0 Å². The first-order valence-electron chi connectivity index (χ1n) is 10.9. The Bertz CT molecular complexity index is 483. The Labute approximate surface area is 166 Å². The van der Waals surface area contributed by atoms with Crippen LogP contribution in [0.1, 0.15) is 59.8 Å². The number of carbonyl (C=O) groups is 1. The highest BCUT2D eigenvalue weighted by Crippen LogP contribution is 2.17. The van der Waals surface area contributed by atoms with Crippen LogP contribution in [0.2, 0.25) is 0 Å². The van der Waals surface area contributed by atoms with E-state index in [2.05, 4.69) is 34.4 Å². The van der Waals surface area contributed by atoms with Crippen molar-refractivity contribution >= 4 is 11.9 Å². The number of likely N-dealkylation sites (tertiary alicyclic amines) is 2. The van der Waals surface area contributed by atoms with E-state index in [0.717, 1.165) is 32.0 Å². The molecular weight excluding hydrogens is 338 g/mol. The minimum atomic E-state index is 0.0709. The lowest BCUT2D eigenvalue weighted by molar-refractivity contribution is -0.133. The summed E-state index contributed by atoms with van der Waals surface area (Å²) in [5.74, 6) is 1.79. The minimum Gasteiger partial charge on any atom is -0.355 e. The monoisotopic (exact) mass is 379 g/mol. The van der Waals surface area contributed by atoms with Crippen molar-refractivity contribution in [1.29, 1.82) is 0 Å². The van der Waals surface area contributed by atoms with Crippen LogP contribution in [0, 0.1) is 11.8 Å². The summed E-state index contributed by atoms with van der Waals surface area (Å²) >= 11 is 0. The molecule has 2 fully saturated rings. The Hall–Kier alpha value is -1.30. The van der Waals surface area contributed by atoms with Gasteiger partial charge in [-0.25, -0.2) is 0 Å². The van der Waals surface area contributed by atoms with Crippen molar-refractivity contribution in [1.82, 2.24) is 20.4 Å². The van der Waals surface area contributed by atoms with Gasteiger partial charge in [0.25, 0.3) is 0 Å². The van der Waals surface area contributed by atoms with E-state index in [0.29, 0.717) is 12.0 Å². The van der Waals surface area contributed by atoms with Crippen LogP contribution < -0.4 is 10.6 Å². The molecule has 0 aliphatic carbocycles. The van der Waals surface area contributed by atoms with Crippen molar-refractivity contribution < 1.29 is 4.79 Å². The molecular formula is C21H41N5O. The van der Waals surface area contributed by atoms with Gasteiger partial charge in [-0.3, -0.25) is 14.7 Å². The first-order chi connectivity index (χ1) is 12.9. The molecule has 6 nitrogen and oxygen atoms in total. The maximum atomic E-state index is 12.2. The fourth-order valence-electron chi connectivity index (χ4n) is 4.25. The number of hydrogen-bond donors (Lipinski definition) is 2. The third-order valence-electron chi connectivity index (χ3n) is 5.92. The van der Waals surface area contributed by atoms with Gasteiger partial charge in [0.1, 0.15) is 0 Å². The second kappa shape index (κ2) is 10.9. The third-order valence-corrected chi connectivity index (χ3v) is 5.92. The van der Waals surface area contributed by atoms with E-state index in [-0.39, 0.29) is 17.9 Å². The number of carbonyl (C=O) groups excluding carboxylic acids is 1. The molecule has 0 radical (unpaired) electrons. The van der Waals surface area contributed by atoms with Gasteiger partial charge in [0.05, 0.1) is 0 Å². The molecule has 2 atom stereocenters. The van der Waals surface area contributed by atoms with Crippen LogP contribution in [0.3, 0.4) is 0 Å². The molecule has 2 unspecified atom stereocenters. The highest BCUT2D eigenvalue weighted by molar-refractivity contribution is 5.81. The Balaban J connectivity index is 1.84. The van der Waals surface area contributed by atoms with Crippen LogP contribution in [0.25, 0.3) is 0 Å². The summed E-state index contributed by atoms with van der Waals surface area (Å²) in [5.41, 5.74) is 0. The minimum absolute atomic E-state index is 0.0709. The summed E-state index contributed by atoms with van der Waals surface area (Å²) in [6, 6.07) is 0.818. The van der Waals surface area contributed by atoms with Crippen LogP contribution in [0.5, 0.6) is 0 Å². The first-order valence-corrected chi connectivity index (χ1v) is 10.9. The van der Waals surface area contributed by atoms with Gasteiger partial charge in [-0.1, -0.05) is 40.5 Å². The molecule has 1 amide bonds. The SMILES string of the molecule is CN=C(NCC(C(C)C)N1CCCCCC1)NC1CCN(C(=O)C(C)C)C1. The maximum Gasteiger partial charge on any atom is 0.225 e. The predicted molar refractivity (Wildman–Crippen MR) is 113 cm³/mol. The molecule has 2 saturated heterocycles. The maximum absolute atomic E-state index is 12.2. The van der Waals surface area contributed by atoms with E-state index in [1.54, 1.807) is 0 Å². The molecule has 156 valence electrons. The molecule has 6 heteroatoms. The average Bonchev–Trinajstić information content (AvgIpc) is 2.93. The zero-order chi connectivity index (χ0) is 19.8. The van der Waals surface area contributed by atoms with Crippen molar-refractivity contribution in [3.05, 3.63) is 0 Å². The summed E-state index contributed by atoms with van der Waals surface area (Å²) in [6.07, 6.45) is 6.35. The van der Waals surface area contributed by atoms with Crippen molar-refractivity contribution in [3.8, 4) is 0 Å². The zero-order valence-electron chi connectivity index (χ0n) is 18.1. The molecule has 2 aliphatic heterocycles. The standard InChI is InChI=1S/C21H41N5O/c1-16(2)19(25-11-8-6-7-9-12-25)14-23-21(22-5)24-18-10-13-26(15-18)20(27)17(3)4/h16-19H,6-15H2,1-5H3,(H2,22,23,24). The lowest BCUT2D eigenvalue weighted by Gasteiger charge is -2.34. The largest absolute Gasteiger partial charge is 0.355 e. The number of nitrogens with zero attached hydrogens (tertiary/aromatic N) is 3. The van der Waals surface area contributed by atoms with Gasteiger partial charge in [0.15, 0.2) is 5.96 Å². The van der Waals surface area contributed by atoms with Gasteiger partial charge in [0, 0.05) is 44.7 Å². The highest BCUT2D eigenvalue weighted by atomic mass is 16.2. The summed E-state index contributed by atoms with van der Waals surface area (Å²) in [4.78, 5) is 21.2. The van der Waals surface area contributed by atoms with Gasteiger partial charge in [-0.2, -0.15) is 0 Å². The molecule has 0 aromatic heterocycles. The molecule has 0 aromatic carbocycles. The highest BCUT2D eigenvalue weighted by Gasteiger charge is 2.28. The Kier molecular flexibility index (Phi) is 8.87. The molecule has 0 spiro atoms. The van der Waals surface area contributed by atoms with Gasteiger partial charge in [-0.15, -0.1) is 0 Å². The predicted octanol–water partition coefficient (Wildman–Crippen LogP) is 2.31. The molecule has 27 heavy (non-hydrogen) atoms. The van der Waals surface area contributed by atoms with Crippen molar-refractivity contribution in [3.63, 3.8) is 0 Å². The van der Waals surface area contributed by atoms with Gasteiger partial charge in [0.2, 0.25) is 5.91 Å². The smallest absolute Gasteiger partial charge is 0.225 e. The summed E-state index contributed by atoms with van der Waals surface area (Å²) in [7, 11) is 1.83. The molecule has 0 saturated carbocycles. The number of amides is 1. The van der Waals surface area contributed by atoms with Crippen LogP contribution in [-0.2, 0) is 4.79 Å². The lowest BCUT2D eigenvalue weighted by Crippen LogP contribution is -2.51. The molecule has 0 aromatic rings. The summed E-state index contributed by atoms with van der Waals surface area (Å²) < 4.78 is 0.